The van der Waals surface area contributed by atoms with Crippen molar-refractivity contribution in [2.24, 2.45) is 5.92 Å². The summed E-state index contributed by atoms with van der Waals surface area (Å²) in [6.07, 6.45) is 0.192. The number of imide groups is 1. The average Bonchev–Trinajstić information content (AvgIpc) is 2.87. The lowest BCUT2D eigenvalue weighted by Gasteiger charge is -2.25. The largest absolute Gasteiger partial charge is 0.454 e. The lowest BCUT2D eigenvalue weighted by atomic mass is 10.0. The number of fused-ring (bicyclic) bond motifs is 1. The van der Waals surface area contributed by atoms with Crippen molar-refractivity contribution in [3.05, 3.63) is 35.4 Å². The quantitative estimate of drug-likeness (QED) is 0.422. The molecule has 0 aromatic heterocycles. The fraction of sp³-hybridized carbons (Fsp3) is 0.389. The van der Waals surface area contributed by atoms with Crippen molar-refractivity contribution < 1.29 is 28.7 Å². The predicted molar refractivity (Wildman–Crippen MR) is 93.1 cm³/mol. The Bertz CT molecular complexity index is 754. The van der Waals surface area contributed by atoms with Crippen LogP contribution in [0.1, 0.15) is 47.9 Å². The van der Waals surface area contributed by atoms with Crippen molar-refractivity contribution in [3.63, 3.8) is 0 Å². The van der Waals surface area contributed by atoms with E-state index in [-0.39, 0.29) is 23.5 Å². The van der Waals surface area contributed by atoms with E-state index in [1.165, 1.54) is 19.1 Å². The second-order valence-corrected chi connectivity index (χ2v) is 6.51. The fourth-order valence-corrected chi connectivity index (χ4v) is 2.67. The van der Waals surface area contributed by atoms with Crippen LogP contribution in [0.3, 0.4) is 0 Å². The number of hydrogen-bond donors (Lipinski definition) is 2. The molecule has 1 aromatic rings. The molecule has 0 unspecified atom stereocenters. The Morgan fingerprint density at radius 2 is 1.59 bits per heavy atom. The maximum atomic E-state index is 12.6. The van der Waals surface area contributed by atoms with Crippen molar-refractivity contribution in [1.82, 2.24) is 15.8 Å². The summed E-state index contributed by atoms with van der Waals surface area (Å²) < 4.78 is 4.96. The first-order valence-electron chi connectivity index (χ1n) is 8.41. The lowest BCUT2D eigenvalue weighted by Crippen LogP contribution is -2.48. The number of esters is 1. The molecule has 0 aliphatic carbocycles. The molecule has 2 rings (SSSR count). The molecule has 0 radical (unpaired) electrons. The van der Waals surface area contributed by atoms with E-state index in [4.69, 9.17) is 4.74 Å². The van der Waals surface area contributed by atoms with Gasteiger partial charge in [-0.25, -0.2) is 4.79 Å². The van der Waals surface area contributed by atoms with Crippen molar-refractivity contribution in [3.8, 4) is 0 Å². The molecule has 27 heavy (non-hydrogen) atoms. The molecule has 0 spiro atoms. The van der Waals surface area contributed by atoms with Gasteiger partial charge in [0, 0.05) is 6.92 Å². The maximum absolute atomic E-state index is 12.6. The van der Waals surface area contributed by atoms with Gasteiger partial charge in [-0.15, -0.1) is 0 Å². The van der Waals surface area contributed by atoms with Crippen LogP contribution in [-0.2, 0) is 19.1 Å². The summed E-state index contributed by atoms with van der Waals surface area (Å²) in [5, 5.41) is 0. The number of hydrogen-bond acceptors (Lipinski definition) is 6. The van der Waals surface area contributed by atoms with Gasteiger partial charge in [0.05, 0.1) is 11.1 Å². The standard InChI is InChI=1S/C18H21N3O6/c1-10(2)8-14(18(26)27-9-15(23)20-19-11(3)22)21-16(24)12-6-4-5-7-13(12)17(21)25/h4-7,10,14H,8-9H2,1-3H3,(H,19,22)(H,20,23)/t14-/m0/s1. The molecule has 1 atom stereocenters. The summed E-state index contributed by atoms with van der Waals surface area (Å²) in [5.41, 5.74) is 4.58. The molecular formula is C18H21N3O6. The smallest absolute Gasteiger partial charge is 0.329 e. The molecule has 0 saturated heterocycles. The van der Waals surface area contributed by atoms with Crippen LogP contribution >= 0.6 is 0 Å². The van der Waals surface area contributed by atoms with Crippen LogP contribution in [0.2, 0.25) is 0 Å². The Kier molecular flexibility index (Phi) is 6.27. The predicted octanol–water partition coefficient (Wildman–Crippen LogP) is 0.408. The Labute approximate surface area is 156 Å². The maximum Gasteiger partial charge on any atom is 0.329 e. The molecule has 0 saturated carbocycles. The zero-order chi connectivity index (χ0) is 20.1. The van der Waals surface area contributed by atoms with E-state index in [2.05, 4.69) is 10.9 Å². The molecule has 1 aliphatic heterocycles. The highest BCUT2D eigenvalue weighted by molar-refractivity contribution is 6.22. The second kappa shape index (κ2) is 8.43. The summed E-state index contributed by atoms with van der Waals surface area (Å²) in [5.74, 6) is -3.25. The summed E-state index contributed by atoms with van der Waals surface area (Å²) in [6.45, 7) is 4.22. The molecular weight excluding hydrogens is 354 g/mol. The number of nitrogens with one attached hydrogen (secondary N) is 2. The summed E-state index contributed by atoms with van der Waals surface area (Å²) in [6, 6.07) is 5.17. The van der Waals surface area contributed by atoms with Crippen LogP contribution < -0.4 is 10.9 Å². The molecule has 0 bridgehead atoms. The number of carbonyl (C=O) groups is 5. The Balaban J connectivity index is 2.13. The van der Waals surface area contributed by atoms with E-state index in [9.17, 15) is 24.0 Å². The molecule has 1 aliphatic rings. The van der Waals surface area contributed by atoms with Crippen molar-refractivity contribution >= 4 is 29.6 Å². The minimum Gasteiger partial charge on any atom is -0.454 e. The van der Waals surface area contributed by atoms with Gasteiger partial charge in [0.15, 0.2) is 6.61 Å². The van der Waals surface area contributed by atoms with Gasteiger partial charge in [-0.05, 0) is 24.5 Å². The number of hydrazine groups is 1. The Morgan fingerprint density at radius 1 is 1.04 bits per heavy atom. The topological polar surface area (TPSA) is 122 Å². The highest BCUT2D eigenvalue weighted by atomic mass is 16.5. The average molecular weight is 375 g/mol. The van der Waals surface area contributed by atoms with Gasteiger partial charge in [-0.3, -0.25) is 34.9 Å². The molecule has 144 valence electrons. The lowest BCUT2D eigenvalue weighted by molar-refractivity contribution is -0.153. The van der Waals surface area contributed by atoms with Crippen LogP contribution in [0.4, 0.5) is 0 Å². The third-order valence-corrected chi connectivity index (χ3v) is 3.83. The zero-order valence-electron chi connectivity index (χ0n) is 15.3. The van der Waals surface area contributed by atoms with Crippen LogP contribution in [0.5, 0.6) is 0 Å². The SMILES string of the molecule is CC(=O)NNC(=O)COC(=O)[C@H](CC(C)C)N1C(=O)c2ccccc2C1=O. The molecule has 1 heterocycles. The fourth-order valence-electron chi connectivity index (χ4n) is 2.67. The van der Waals surface area contributed by atoms with Crippen LogP contribution in [0.25, 0.3) is 0 Å². The van der Waals surface area contributed by atoms with Crippen LogP contribution in [-0.4, -0.2) is 47.1 Å². The third kappa shape index (κ3) is 4.69. The van der Waals surface area contributed by atoms with Gasteiger partial charge in [-0.1, -0.05) is 26.0 Å². The number of carbonyl (C=O) groups excluding carboxylic acids is 5. The normalized spacial score (nSPS) is 14.0. The van der Waals surface area contributed by atoms with Crippen molar-refractivity contribution in [1.29, 1.82) is 0 Å². The number of rotatable bonds is 6. The number of ether oxygens (including phenoxy) is 1. The first-order valence-corrected chi connectivity index (χ1v) is 8.41. The van der Waals surface area contributed by atoms with E-state index in [0.29, 0.717) is 0 Å². The molecule has 9 heteroatoms. The Morgan fingerprint density at radius 3 is 2.07 bits per heavy atom. The number of nitrogens with zero attached hydrogens (tertiary/aromatic N) is 1. The van der Waals surface area contributed by atoms with Gasteiger partial charge in [0.1, 0.15) is 6.04 Å². The first-order chi connectivity index (χ1) is 12.7. The van der Waals surface area contributed by atoms with Gasteiger partial charge < -0.3 is 4.74 Å². The minimum absolute atomic E-state index is 0.0138. The molecule has 9 nitrogen and oxygen atoms in total. The monoisotopic (exact) mass is 375 g/mol. The van der Waals surface area contributed by atoms with Gasteiger partial charge in [0.2, 0.25) is 5.91 Å². The number of amides is 4. The van der Waals surface area contributed by atoms with Gasteiger partial charge in [-0.2, -0.15) is 0 Å². The van der Waals surface area contributed by atoms with E-state index < -0.39 is 42.2 Å². The van der Waals surface area contributed by atoms with E-state index in [1.807, 2.05) is 13.8 Å². The second-order valence-electron chi connectivity index (χ2n) is 6.51. The number of benzene rings is 1. The highest BCUT2D eigenvalue weighted by Crippen LogP contribution is 2.27. The van der Waals surface area contributed by atoms with Crippen molar-refractivity contribution in [2.45, 2.75) is 33.2 Å². The molecule has 4 amide bonds. The van der Waals surface area contributed by atoms with Crippen LogP contribution in [0.15, 0.2) is 24.3 Å². The van der Waals surface area contributed by atoms with Crippen molar-refractivity contribution in [2.75, 3.05) is 6.61 Å². The third-order valence-electron chi connectivity index (χ3n) is 3.83. The van der Waals surface area contributed by atoms with Gasteiger partial charge >= 0.3 is 5.97 Å². The Hall–Kier alpha value is -3.23. The summed E-state index contributed by atoms with van der Waals surface area (Å²) >= 11 is 0. The van der Waals surface area contributed by atoms with E-state index in [1.54, 1.807) is 12.1 Å². The minimum atomic E-state index is -1.15. The summed E-state index contributed by atoms with van der Waals surface area (Å²) in [4.78, 5) is 61.0. The summed E-state index contributed by atoms with van der Waals surface area (Å²) in [7, 11) is 0. The molecule has 1 aromatic carbocycles. The molecule has 0 fully saturated rings. The van der Waals surface area contributed by atoms with Crippen LogP contribution in [0, 0.1) is 5.92 Å². The highest BCUT2D eigenvalue weighted by Gasteiger charge is 2.43. The first kappa shape index (κ1) is 20.1. The van der Waals surface area contributed by atoms with Gasteiger partial charge in [0.25, 0.3) is 17.7 Å². The zero-order valence-corrected chi connectivity index (χ0v) is 15.3. The molecule has 2 N–H and O–H groups in total. The van der Waals surface area contributed by atoms with E-state index >= 15 is 0 Å². The van der Waals surface area contributed by atoms with E-state index in [0.717, 1.165) is 4.90 Å².